The average molecular weight is 165 g/mol. The van der Waals surface area contributed by atoms with E-state index in [1.807, 2.05) is 0 Å². The first-order valence-corrected chi connectivity index (χ1v) is 2.42. The van der Waals surface area contributed by atoms with Gasteiger partial charge in [-0.3, -0.25) is 0 Å². The first kappa shape index (κ1) is 11.9. The fourth-order valence-corrected chi connectivity index (χ4v) is 0. The molecule has 44 valence electrons. The molecule has 1 N–H and O–H groups in total. The van der Waals surface area contributed by atoms with E-state index in [1.165, 1.54) is 6.92 Å². The Morgan fingerprint density at radius 3 is 2.12 bits per heavy atom. The first-order chi connectivity index (χ1) is 2.94. The van der Waals surface area contributed by atoms with Crippen LogP contribution in [-0.2, 0) is 4.79 Å². The van der Waals surface area contributed by atoms with Gasteiger partial charge in [-0.1, -0.05) is 11.6 Å². The number of thiol groups is 1. The van der Waals surface area contributed by atoms with Gasteiger partial charge in [0.05, 0.1) is 0 Å². The topological polar surface area (TPSA) is 37.3 Å². The summed E-state index contributed by atoms with van der Waals surface area (Å²) in [7, 11) is 0. The number of hydrogen-bond donors (Lipinski definition) is 2. The maximum Gasteiger partial charge on any atom is 1.00 e. The van der Waals surface area contributed by atoms with Gasteiger partial charge in [0, 0.05) is 0 Å². The van der Waals surface area contributed by atoms with Crippen LogP contribution in [0.25, 0.3) is 0 Å². The van der Waals surface area contributed by atoms with Crippen LogP contribution in [0.4, 0.5) is 0 Å². The third-order valence-electron chi connectivity index (χ3n) is 0.390. The molecule has 0 aromatic carbocycles. The molecule has 1 unspecified atom stereocenters. The van der Waals surface area contributed by atoms with E-state index < -0.39 is 10.2 Å². The van der Waals surface area contributed by atoms with Gasteiger partial charge < -0.3 is 6.53 Å². The van der Waals surface area contributed by atoms with Gasteiger partial charge in [-0.25, -0.2) is 4.79 Å². The van der Waals surface area contributed by atoms with Gasteiger partial charge in [-0.05, 0) is 6.92 Å². The summed E-state index contributed by atoms with van der Waals surface area (Å²) in [5.74, 6) is -1.13. The van der Waals surface area contributed by atoms with Crippen molar-refractivity contribution in [2.45, 2.75) is 11.1 Å². The summed E-state index contributed by atoms with van der Waals surface area (Å²) < 4.78 is -1.42. The van der Waals surface area contributed by atoms with Gasteiger partial charge >= 0.3 is 35.5 Å². The molecule has 2 nitrogen and oxygen atoms in total. The van der Waals surface area contributed by atoms with Crippen LogP contribution in [0.1, 0.15) is 8.35 Å². The molecule has 0 aliphatic rings. The summed E-state index contributed by atoms with van der Waals surface area (Å²) in [6.07, 6.45) is 0. The van der Waals surface area contributed by atoms with Crippen LogP contribution >= 0.6 is 24.2 Å². The number of alkyl halides is 1. The number of hydrogen-bond acceptors (Lipinski definition) is 2. The molecule has 1 atom stereocenters. The minimum absolute atomic E-state index is 0. The Kier molecular flexibility index (Phi) is 5.94. The van der Waals surface area contributed by atoms with Crippen molar-refractivity contribution in [3.05, 3.63) is 0 Å². The van der Waals surface area contributed by atoms with Gasteiger partial charge in [0.2, 0.25) is 0 Å². The van der Waals surface area contributed by atoms with E-state index >= 15 is 0 Å². The summed E-state index contributed by atoms with van der Waals surface area (Å²) >= 11 is 8.65. The molecule has 0 aromatic rings. The molecule has 0 saturated carbocycles. The zero-order chi connectivity index (χ0) is 6.08. The number of carbonyl (C=O) groups is 1. The average Bonchev–Trinajstić information content (AvgIpc) is 1.31. The molecule has 0 saturated heterocycles. The Hall–Kier alpha value is 1.11. The van der Waals surface area contributed by atoms with Gasteiger partial charge in [0.1, 0.15) is 0 Å². The molecule has 0 rings (SSSR count). The standard InChI is InChI=1S/C3H5ClO2S.Na.H/c1-3(4,7)2(5)6;;/h7H,1H3,(H,5,6);;/q;+1;-1. The van der Waals surface area contributed by atoms with Crippen molar-refractivity contribution in [1.82, 2.24) is 0 Å². The van der Waals surface area contributed by atoms with Crippen LogP contribution in [0.5, 0.6) is 0 Å². The molecule has 0 heterocycles. The van der Waals surface area contributed by atoms with Crippen molar-refractivity contribution >= 4 is 30.2 Å². The molecule has 0 radical (unpaired) electrons. The zero-order valence-electron chi connectivity index (χ0n) is 5.68. The third kappa shape index (κ3) is 5.25. The fourth-order valence-electron chi connectivity index (χ4n) is 0. The molecule has 0 spiro atoms. The molecule has 0 aliphatic heterocycles. The molecular weight excluding hydrogens is 159 g/mol. The number of halogens is 1. The Balaban J connectivity index is -0.000000180. The van der Waals surface area contributed by atoms with Crippen molar-refractivity contribution in [2.75, 3.05) is 0 Å². The van der Waals surface area contributed by atoms with Crippen LogP contribution in [0, 0.1) is 0 Å². The normalized spacial score (nSPS) is 15.9. The Bertz CT molecular complexity index is 94.3. The number of aliphatic carboxylic acids is 1. The van der Waals surface area contributed by atoms with Crippen LogP contribution in [0.3, 0.4) is 0 Å². The van der Waals surface area contributed by atoms with E-state index in [4.69, 9.17) is 16.7 Å². The van der Waals surface area contributed by atoms with E-state index in [0.29, 0.717) is 0 Å². The van der Waals surface area contributed by atoms with E-state index in [0.717, 1.165) is 0 Å². The number of carboxylic acid groups (broad SMARTS) is 1. The van der Waals surface area contributed by atoms with E-state index in [-0.39, 0.29) is 31.0 Å². The maximum atomic E-state index is 9.81. The summed E-state index contributed by atoms with van der Waals surface area (Å²) in [6, 6.07) is 0. The van der Waals surface area contributed by atoms with Gasteiger partial charge in [0.25, 0.3) is 0 Å². The van der Waals surface area contributed by atoms with Gasteiger partial charge in [-0.2, -0.15) is 0 Å². The van der Waals surface area contributed by atoms with Crippen molar-refractivity contribution in [3.63, 3.8) is 0 Å². The van der Waals surface area contributed by atoms with Crippen LogP contribution in [-0.4, -0.2) is 15.3 Å². The zero-order valence-corrected chi connectivity index (χ0v) is 8.33. The minimum Gasteiger partial charge on any atom is -1.00 e. The van der Waals surface area contributed by atoms with Crippen LogP contribution < -0.4 is 29.6 Å². The van der Waals surface area contributed by atoms with Crippen LogP contribution in [0.15, 0.2) is 0 Å². The van der Waals surface area contributed by atoms with E-state index in [9.17, 15) is 4.79 Å². The predicted molar refractivity (Wildman–Crippen MR) is 32.0 cm³/mol. The van der Waals surface area contributed by atoms with Gasteiger partial charge in [-0.15, -0.1) is 12.6 Å². The van der Waals surface area contributed by atoms with Crippen molar-refractivity contribution in [3.8, 4) is 0 Å². The first-order valence-electron chi connectivity index (χ1n) is 1.59. The number of rotatable bonds is 1. The summed E-state index contributed by atoms with van der Waals surface area (Å²) in [6.45, 7) is 1.29. The van der Waals surface area contributed by atoms with E-state index in [2.05, 4.69) is 12.6 Å². The number of carboxylic acids is 1. The van der Waals surface area contributed by atoms with Crippen molar-refractivity contribution in [1.29, 1.82) is 0 Å². The SMILES string of the molecule is CC(S)(Cl)C(=O)O.[H-].[Na+]. The summed E-state index contributed by atoms with van der Waals surface area (Å²) in [5.41, 5.74) is 0. The molecular formula is C3H6ClNaO2S. The van der Waals surface area contributed by atoms with Crippen molar-refractivity contribution in [2.24, 2.45) is 0 Å². The third-order valence-corrected chi connectivity index (χ3v) is 0.743. The maximum absolute atomic E-state index is 9.81. The molecule has 0 amide bonds. The second kappa shape index (κ2) is 4.01. The fraction of sp³-hybridized carbons (Fsp3) is 0.667. The Morgan fingerprint density at radius 1 is 2.00 bits per heavy atom. The largest absolute Gasteiger partial charge is 1.00 e. The summed E-state index contributed by atoms with van der Waals surface area (Å²) in [5, 5.41) is 8.04. The predicted octanol–water partition coefficient (Wildman–Crippen LogP) is -1.93. The molecule has 0 aromatic heterocycles. The smallest absolute Gasteiger partial charge is 1.00 e. The second-order valence-electron chi connectivity index (χ2n) is 1.26. The van der Waals surface area contributed by atoms with Gasteiger partial charge in [0.15, 0.2) is 4.21 Å². The Labute approximate surface area is 81.8 Å². The molecule has 5 heteroatoms. The minimum atomic E-state index is -1.42. The van der Waals surface area contributed by atoms with Crippen LogP contribution in [0.2, 0.25) is 0 Å². The molecule has 8 heavy (non-hydrogen) atoms. The Morgan fingerprint density at radius 2 is 2.12 bits per heavy atom. The quantitative estimate of drug-likeness (QED) is 0.269. The van der Waals surface area contributed by atoms with Crippen molar-refractivity contribution < 1.29 is 40.9 Å². The molecule has 0 aliphatic carbocycles. The summed E-state index contributed by atoms with van der Waals surface area (Å²) in [4.78, 5) is 9.81. The van der Waals surface area contributed by atoms with E-state index in [1.54, 1.807) is 0 Å². The molecule has 0 bridgehead atoms. The second-order valence-corrected chi connectivity index (χ2v) is 3.17. The molecule has 0 fully saturated rings. The monoisotopic (exact) mass is 164 g/mol.